The Morgan fingerprint density at radius 1 is 1.17 bits per heavy atom. The van der Waals surface area contributed by atoms with Gasteiger partial charge in [0.15, 0.2) is 5.69 Å². The number of carbonyl (C=O) groups is 3. The maximum Gasteiger partial charge on any atom is 0.435 e. The molecule has 42 heavy (non-hydrogen) atoms. The third-order valence-electron chi connectivity index (χ3n) is 8.94. The Bertz CT molecular complexity index is 1400. The number of alkyl halides is 3. The van der Waals surface area contributed by atoms with Gasteiger partial charge >= 0.3 is 12.1 Å². The molecule has 1 aliphatic carbocycles. The number of rotatable bonds is 7. The third-order valence-corrected chi connectivity index (χ3v) is 8.94. The van der Waals surface area contributed by atoms with E-state index in [9.17, 15) is 32.7 Å². The molecule has 0 bridgehead atoms. The molecular formula is C28H33F4N5O5. The molecule has 2 aliphatic heterocycles. The van der Waals surface area contributed by atoms with Crippen LogP contribution in [0, 0.1) is 17.2 Å². The molecule has 228 valence electrons. The summed E-state index contributed by atoms with van der Waals surface area (Å²) in [6.45, 7) is 1.49. The summed E-state index contributed by atoms with van der Waals surface area (Å²) in [5.74, 6) is -2.92. The molecule has 1 saturated heterocycles. The first-order chi connectivity index (χ1) is 19.8. The zero-order valence-electron chi connectivity index (χ0n) is 23.4. The zero-order chi connectivity index (χ0) is 30.4. The van der Waals surface area contributed by atoms with Gasteiger partial charge in [0.1, 0.15) is 23.9 Å². The highest BCUT2D eigenvalue weighted by atomic mass is 19.4. The van der Waals surface area contributed by atoms with E-state index in [-0.39, 0.29) is 42.3 Å². The largest absolute Gasteiger partial charge is 0.487 e. The van der Waals surface area contributed by atoms with Crippen LogP contribution in [0.25, 0.3) is 0 Å². The first kappa shape index (κ1) is 29.8. The van der Waals surface area contributed by atoms with Crippen molar-refractivity contribution in [2.75, 3.05) is 19.6 Å². The first-order valence-electron chi connectivity index (χ1n) is 14.0. The van der Waals surface area contributed by atoms with E-state index in [2.05, 4.69) is 10.3 Å². The fraction of sp³-hybridized carbons (Fsp3) is 0.607. The summed E-state index contributed by atoms with van der Waals surface area (Å²) in [6.07, 6.45) is -1.64. The molecule has 3 atom stereocenters. The van der Waals surface area contributed by atoms with E-state index in [4.69, 9.17) is 4.74 Å². The smallest absolute Gasteiger partial charge is 0.435 e. The van der Waals surface area contributed by atoms with Crippen LogP contribution in [0.3, 0.4) is 0 Å². The minimum atomic E-state index is -4.74. The molecule has 1 aromatic heterocycles. The van der Waals surface area contributed by atoms with Crippen molar-refractivity contribution >= 4 is 17.8 Å². The third kappa shape index (κ3) is 5.31. The molecule has 0 radical (unpaired) electrons. The molecule has 5 rings (SSSR count). The summed E-state index contributed by atoms with van der Waals surface area (Å²) >= 11 is 0. The Labute approximate surface area is 239 Å². The SMILES string of the molecule is Cn1nnc(COc2ccc(F)c3c2[C@@H](CN2CCCC2=O)N(C(=O)C2CCCCC2(C)C(=O)O)CC3)c1C(F)(F)F. The number of aromatic nitrogens is 3. The molecule has 10 nitrogen and oxygen atoms in total. The monoisotopic (exact) mass is 595 g/mol. The van der Waals surface area contributed by atoms with Gasteiger partial charge in [-0.25, -0.2) is 9.07 Å². The molecule has 3 heterocycles. The predicted molar refractivity (Wildman–Crippen MR) is 138 cm³/mol. The van der Waals surface area contributed by atoms with Gasteiger partial charge in [-0.2, -0.15) is 13.2 Å². The van der Waals surface area contributed by atoms with Crippen LogP contribution in [0.2, 0.25) is 0 Å². The van der Waals surface area contributed by atoms with Gasteiger partial charge in [-0.15, -0.1) is 5.10 Å². The van der Waals surface area contributed by atoms with Gasteiger partial charge in [-0.05, 0) is 50.3 Å². The molecule has 1 N–H and O–H groups in total. The summed E-state index contributed by atoms with van der Waals surface area (Å²) in [4.78, 5) is 42.2. The van der Waals surface area contributed by atoms with Gasteiger partial charge in [0.05, 0.1) is 17.4 Å². The molecule has 14 heteroatoms. The number of aliphatic carboxylic acids is 1. The van der Waals surface area contributed by atoms with Crippen molar-refractivity contribution in [3.8, 4) is 5.75 Å². The highest BCUT2D eigenvalue weighted by molar-refractivity contribution is 5.88. The Balaban J connectivity index is 1.54. The van der Waals surface area contributed by atoms with Gasteiger partial charge in [-0.1, -0.05) is 18.1 Å². The van der Waals surface area contributed by atoms with Crippen LogP contribution < -0.4 is 4.74 Å². The molecule has 2 aromatic rings. The van der Waals surface area contributed by atoms with Gasteiger partial charge in [0, 0.05) is 38.7 Å². The highest BCUT2D eigenvalue weighted by Crippen LogP contribution is 2.46. The zero-order valence-corrected chi connectivity index (χ0v) is 23.4. The predicted octanol–water partition coefficient (Wildman–Crippen LogP) is 3.88. The summed E-state index contributed by atoms with van der Waals surface area (Å²) in [5.41, 5.74) is -2.32. The molecule has 0 spiro atoms. The van der Waals surface area contributed by atoms with Crippen LogP contribution in [0.15, 0.2) is 12.1 Å². The normalized spacial score (nSPS) is 24.6. The van der Waals surface area contributed by atoms with Gasteiger partial charge in [0.2, 0.25) is 11.8 Å². The number of ether oxygens (including phenoxy) is 1. The van der Waals surface area contributed by atoms with Crippen molar-refractivity contribution < 1.29 is 41.8 Å². The number of nitrogens with zero attached hydrogens (tertiary/aromatic N) is 5. The second kappa shape index (κ2) is 11.2. The van der Waals surface area contributed by atoms with Crippen LogP contribution in [-0.2, 0) is 40.6 Å². The van der Waals surface area contributed by atoms with Crippen molar-refractivity contribution in [2.45, 2.75) is 70.7 Å². The Morgan fingerprint density at radius 2 is 1.93 bits per heavy atom. The Morgan fingerprint density at radius 3 is 2.60 bits per heavy atom. The van der Waals surface area contributed by atoms with E-state index in [1.54, 1.807) is 11.8 Å². The lowest BCUT2D eigenvalue weighted by Crippen LogP contribution is -2.52. The van der Waals surface area contributed by atoms with Crippen molar-refractivity contribution in [1.82, 2.24) is 24.8 Å². The Hall–Kier alpha value is -3.71. The fourth-order valence-corrected chi connectivity index (χ4v) is 6.64. The van der Waals surface area contributed by atoms with E-state index in [1.165, 1.54) is 11.0 Å². The minimum Gasteiger partial charge on any atom is -0.487 e. The van der Waals surface area contributed by atoms with Crippen molar-refractivity contribution in [3.63, 3.8) is 0 Å². The fourth-order valence-electron chi connectivity index (χ4n) is 6.64. The lowest BCUT2D eigenvalue weighted by atomic mass is 9.66. The summed E-state index contributed by atoms with van der Waals surface area (Å²) < 4.78 is 62.6. The van der Waals surface area contributed by atoms with Gasteiger partial charge in [-0.3, -0.25) is 14.4 Å². The molecular weight excluding hydrogens is 562 g/mol. The minimum absolute atomic E-state index is 0.0207. The molecule has 3 aliphatic rings. The first-order valence-corrected chi connectivity index (χ1v) is 14.0. The number of fused-ring (bicyclic) bond motifs is 1. The van der Waals surface area contributed by atoms with Gasteiger partial charge < -0.3 is 19.6 Å². The van der Waals surface area contributed by atoms with Crippen LogP contribution >= 0.6 is 0 Å². The molecule has 1 aromatic carbocycles. The maximum absolute atomic E-state index is 15.2. The molecule has 2 fully saturated rings. The summed E-state index contributed by atoms with van der Waals surface area (Å²) in [6, 6.07) is 1.57. The quantitative estimate of drug-likeness (QED) is 0.483. The lowest BCUT2D eigenvalue weighted by Gasteiger charge is -2.45. The van der Waals surface area contributed by atoms with Crippen LogP contribution in [0.4, 0.5) is 17.6 Å². The van der Waals surface area contributed by atoms with Crippen LogP contribution in [0.1, 0.15) is 74.0 Å². The number of carboxylic acid groups (broad SMARTS) is 1. The van der Waals surface area contributed by atoms with Crippen LogP contribution in [0.5, 0.6) is 5.75 Å². The highest BCUT2D eigenvalue weighted by Gasteiger charge is 2.50. The maximum atomic E-state index is 15.2. The van der Waals surface area contributed by atoms with E-state index in [0.29, 0.717) is 49.8 Å². The number of aryl methyl sites for hydroxylation is 1. The second-order valence-electron chi connectivity index (χ2n) is 11.5. The van der Waals surface area contributed by atoms with Gasteiger partial charge in [0.25, 0.3) is 0 Å². The molecule has 2 unspecified atom stereocenters. The van der Waals surface area contributed by atoms with E-state index >= 15 is 4.39 Å². The van der Waals surface area contributed by atoms with Crippen molar-refractivity contribution in [2.24, 2.45) is 18.4 Å². The molecule has 2 amide bonds. The number of benzene rings is 1. The number of hydrogen-bond acceptors (Lipinski definition) is 6. The van der Waals surface area contributed by atoms with Crippen LogP contribution in [-0.4, -0.2) is 67.3 Å². The number of carboxylic acids is 1. The summed E-state index contributed by atoms with van der Waals surface area (Å²) in [7, 11) is 1.11. The van der Waals surface area contributed by atoms with Crippen molar-refractivity contribution in [1.29, 1.82) is 0 Å². The Kier molecular flexibility index (Phi) is 7.92. The number of hydrogen-bond donors (Lipinski definition) is 1. The molecule has 1 saturated carbocycles. The average Bonchev–Trinajstić information content (AvgIpc) is 3.52. The number of likely N-dealkylation sites (tertiary alicyclic amines) is 1. The number of amides is 2. The van der Waals surface area contributed by atoms with E-state index in [1.807, 2.05) is 0 Å². The lowest BCUT2D eigenvalue weighted by molar-refractivity contribution is -0.162. The van der Waals surface area contributed by atoms with Crippen molar-refractivity contribution in [3.05, 3.63) is 40.5 Å². The number of halogens is 4. The van der Waals surface area contributed by atoms with E-state index < -0.39 is 59.2 Å². The summed E-state index contributed by atoms with van der Waals surface area (Å²) in [5, 5.41) is 17.1. The topological polar surface area (TPSA) is 118 Å². The van der Waals surface area contributed by atoms with E-state index in [0.717, 1.165) is 13.1 Å². The average molecular weight is 596 g/mol. The standard InChI is InChI=1S/C28H33F4N5O5/c1-27(26(40)41)11-4-3-6-17(27)25(39)37-13-10-16-18(29)8-9-21(23(16)20(37)14-36-12-5-7-22(36)38)42-15-19-24(28(30,31)32)35(2)34-33-19/h8-9,17,20H,3-7,10-15H2,1-2H3,(H,40,41)/t17?,20-,27?/m1/s1. The number of carbonyl (C=O) groups excluding carboxylic acids is 2. The second-order valence-corrected chi connectivity index (χ2v) is 11.5.